The topological polar surface area (TPSA) is 73.2 Å². The van der Waals surface area contributed by atoms with Crippen LogP contribution in [0.1, 0.15) is 12.0 Å². The van der Waals surface area contributed by atoms with Crippen molar-refractivity contribution >= 4 is 46.6 Å². The molecule has 2 amide bonds. The molecule has 0 bridgehead atoms. The van der Waals surface area contributed by atoms with Crippen molar-refractivity contribution < 1.29 is 9.59 Å². The van der Waals surface area contributed by atoms with Crippen LogP contribution in [0.25, 0.3) is 0 Å². The summed E-state index contributed by atoms with van der Waals surface area (Å²) in [7, 11) is 0. The highest BCUT2D eigenvalue weighted by molar-refractivity contribution is 8.00. The molecule has 0 saturated carbocycles. The van der Waals surface area contributed by atoms with Gasteiger partial charge in [-0.1, -0.05) is 23.7 Å². The number of rotatable bonds is 4. The number of carbonyl (C=O) groups excluding carboxylic acids is 2. The van der Waals surface area contributed by atoms with E-state index in [2.05, 4.69) is 5.32 Å². The van der Waals surface area contributed by atoms with Crippen molar-refractivity contribution in [2.45, 2.75) is 11.3 Å². The van der Waals surface area contributed by atoms with Crippen molar-refractivity contribution in [1.82, 2.24) is 0 Å². The fourth-order valence-electron chi connectivity index (χ4n) is 2.52. The van der Waals surface area contributed by atoms with Gasteiger partial charge in [0, 0.05) is 23.5 Å². The van der Waals surface area contributed by atoms with Crippen molar-refractivity contribution in [2.75, 3.05) is 22.5 Å². The minimum atomic E-state index is -0.218. The number of nitrogens with zero attached hydrogens (tertiary/aromatic N) is 2. The molecule has 0 atom stereocenters. The molecule has 3 rings (SSSR count). The van der Waals surface area contributed by atoms with E-state index in [9.17, 15) is 9.59 Å². The maximum Gasteiger partial charge on any atom is 0.237 e. The van der Waals surface area contributed by atoms with Crippen LogP contribution in [0, 0.1) is 11.3 Å². The average molecular weight is 372 g/mol. The molecule has 126 valence electrons. The Balaban J connectivity index is 1.64. The lowest BCUT2D eigenvalue weighted by Gasteiger charge is -2.28. The highest BCUT2D eigenvalue weighted by Crippen LogP contribution is 2.34. The Labute approximate surface area is 154 Å². The smallest absolute Gasteiger partial charge is 0.237 e. The largest absolute Gasteiger partial charge is 0.326 e. The first-order valence-electron chi connectivity index (χ1n) is 7.60. The summed E-state index contributed by atoms with van der Waals surface area (Å²) >= 11 is 7.47. The highest BCUT2D eigenvalue weighted by Gasteiger charge is 2.24. The summed E-state index contributed by atoms with van der Waals surface area (Å²) in [6.45, 7) is 0.312. The van der Waals surface area contributed by atoms with Crippen molar-refractivity contribution in [2.24, 2.45) is 0 Å². The third-order valence-electron chi connectivity index (χ3n) is 3.74. The maximum absolute atomic E-state index is 12.2. The van der Waals surface area contributed by atoms with Gasteiger partial charge in [0.2, 0.25) is 11.8 Å². The summed E-state index contributed by atoms with van der Waals surface area (Å²) in [6.07, 6.45) is 0.169. The average Bonchev–Trinajstić information content (AvgIpc) is 2.61. The number of amides is 2. The summed E-state index contributed by atoms with van der Waals surface area (Å²) in [4.78, 5) is 27.0. The van der Waals surface area contributed by atoms with Crippen LogP contribution in [-0.4, -0.2) is 24.1 Å². The van der Waals surface area contributed by atoms with Gasteiger partial charge in [-0.2, -0.15) is 5.26 Å². The van der Waals surface area contributed by atoms with Crippen molar-refractivity contribution in [3.63, 3.8) is 0 Å². The summed E-state index contributed by atoms with van der Waals surface area (Å²) in [5.41, 5.74) is 1.72. The first-order valence-corrected chi connectivity index (χ1v) is 8.96. The monoisotopic (exact) mass is 371 g/mol. The minimum absolute atomic E-state index is 0.00193. The lowest BCUT2D eigenvalue weighted by Crippen LogP contribution is -2.37. The van der Waals surface area contributed by atoms with Crippen LogP contribution >= 0.6 is 23.4 Å². The number of nitriles is 1. The van der Waals surface area contributed by atoms with Crippen molar-refractivity contribution in [1.29, 1.82) is 5.26 Å². The normalized spacial score (nSPS) is 13.1. The SMILES string of the molecule is N#Cc1ccc(NC(=O)CCN2C(=O)CSc3ccccc32)cc1Cl. The van der Waals surface area contributed by atoms with E-state index in [4.69, 9.17) is 16.9 Å². The van der Waals surface area contributed by atoms with Crippen molar-refractivity contribution in [3.8, 4) is 6.07 Å². The van der Waals surface area contributed by atoms with Crippen LogP contribution in [0.3, 0.4) is 0 Å². The van der Waals surface area contributed by atoms with E-state index < -0.39 is 0 Å². The molecule has 5 nitrogen and oxygen atoms in total. The zero-order chi connectivity index (χ0) is 17.8. The molecule has 0 aromatic heterocycles. The minimum Gasteiger partial charge on any atom is -0.326 e. The predicted molar refractivity (Wildman–Crippen MR) is 98.9 cm³/mol. The molecule has 1 N–H and O–H groups in total. The third-order valence-corrected chi connectivity index (χ3v) is 5.10. The molecular weight excluding hydrogens is 358 g/mol. The highest BCUT2D eigenvalue weighted by atomic mass is 35.5. The number of thioether (sulfide) groups is 1. The molecule has 25 heavy (non-hydrogen) atoms. The second-order valence-corrected chi connectivity index (χ2v) is 6.83. The molecule has 0 fully saturated rings. The first kappa shape index (κ1) is 17.3. The van der Waals surface area contributed by atoms with E-state index in [0.29, 0.717) is 23.5 Å². The Morgan fingerprint density at radius 2 is 2.12 bits per heavy atom. The van der Waals surface area contributed by atoms with Crippen molar-refractivity contribution in [3.05, 3.63) is 53.1 Å². The quantitative estimate of drug-likeness (QED) is 0.889. The number of carbonyl (C=O) groups is 2. The molecule has 1 aliphatic rings. The van der Waals surface area contributed by atoms with Crippen LogP contribution in [0.2, 0.25) is 5.02 Å². The Bertz CT molecular complexity index is 879. The van der Waals surface area contributed by atoms with Gasteiger partial charge in [-0.3, -0.25) is 9.59 Å². The Morgan fingerprint density at radius 3 is 2.88 bits per heavy atom. The van der Waals surface area contributed by atoms with Crippen LogP contribution < -0.4 is 10.2 Å². The van der Waals surface area contributed by atoms with E-state index in [1.165, 1.54) is 17.8 Å². The molecule has 0 unspecified atom stereocenters. The number of para-hydroxylation sites is 1. The summed E-state index contributed by atoms with van der Waals surface area (Å²) < 4.78 is 0. The van der Waals surface area contributed by atoms with Gasteiger partial charge < -0.3 is 10.2 Å². The fraction of sp³-hybridized carbons (Fsp3) is 0.167. The number of hydrogen-bond acceptors (Lipinski definition) is 4. The molecule has 0 radical (unpaired) electrons. The van der Waals surface area contributed by atoms with Gasteiger partial charge in [0.25, 0.3) is 0 Å². The Kier molecular flexibility index (Phi) is 5.27. The standard InChI is InChI=1S/C18H14ClN3O2S/c19-14-9-13(6-5-12(14)10-20)21-17(23)7-8-22-15-3-1-2-4-16(15)25-11-18(22)24/h1-6,9H,7-8,11H2,(H,21,23). The second-order valence-electron chi connectivity index (χ2n) is 5.41. The van der Waals surface area contributed by atoms with Gasteiger partial charge >= 0.3 is 0 Å². The molecule has 2 aromatic carbocycles. The number of fused-ring (bicyclic) bond motifs is 1. The van der Waals surface area contributed by atoms with Crippen LogP contribution in [-0.2, 0) is 9.59 Å². The van der Waals surface area contributed by atoms with Crippen LogP contribution in [0.15, 0.2) is 47.4 Å². The van der Waals surface area contributed by atoms with Gasteiger partial charge in [-0.05, 0) is 30.3 Å². The van der Waals surface area contributed by atoms with Gasteiger partial charge in [-0.25, -0.2) is 0 Å². The number of anilines is 2. The van der Waals surface area contributed by atoms with E-state index in [1.54, 1.807) is 17.0 Å². The predicted octanol–water partition coefficient (Wildman–Crippen LogP) is 3.68. The molecule has 1 aliphatic heterocycles. The fourth-order valence-corrected chi connectivity index (χ4v) is 3.68. The summed E-state index contributed by atoms with van der Waals surface area (Å²) in [5.74, 6) is 0.159. The van der Waals surface area contributed by atoms with Crippen LogP contribution in [0.5, 0.6) is 0 Å². The van der Waals surface area contributed by atoms with E-state index in [-0.39, 0.29) is 23.3 Å². The number of halogens is 1. The van der Waals surface area contributed by atoms with Gasteiger partial charge in [-0.15, -0.1) is 11.8 Å². The number of benzene rings is 2. The first-order chi connectivity index (χ1) is 12.1. The molecule has 0 saturated heterocycles. The van der Waals surface area contributed by atoms with E-state index in [0.717, 1.165) is 10.6 Å². The van der Waals surface area contributed by atoms with Gasteiger partial charge in [0.15, 0.2) is 0 Å². The molecule has 1 heterocycles. The molecule has 7 heteroatoms. The van der Waals surface area contributed by atoms with Gasteiger partial charge in [0.05, 0.1) is 22.0 Å². The molecule has 0 spiro atoms. The third kappa shape index (κ3) is 3.95. The lowest BCUT2D eigenvalue weighted by atomic mass is 10.2. The second kappa shape index (κ2) is 7.60. The number of nitrogens with one attached hydrogen (secondary N) is 1. The molecule has 0 aliphatic carbocycles. The molecular formula is C18H14ClN3O2S. The van der Waals surface area contributed by atoms with Crippen LogP contribution in [0.4, 0.5) is 11.4 Å². The Hall–Kier alpha value is -2.49. The van der Waals surface area contributed by atoms with E-state index >= 15 is 0 Å². The number of hydrogen-bond donors (Lipinski definition) is 1. The summed E-state index contributed by atoms with van der Waals surface area (Å²) in [6, 6.07) is 14.4. The zero-order valence-corrected chi connectivity index (χ0v) is 14.7. The lowest BCUT2D eigenvalue weighted by molar-refractivity contribution is -0.117. The maximum atomic E-state index is 12.2. The molecule has 2 aromatic rings. The summed E-state index contributed by atoms with van der Waals surface area (Å²) in [5, 5.41) is 11.9. The Morgan fingerprint density at radius 1 is 1.32 bits per heavy atom. The zero-order valence-electron chi connectivity index (χ0n) is 13.2. The van der Waals surface area contributed by atoms with E-state index in [1.807, 2.05) is 30.3 Å². The van der Waals surface area contributed by atoms with Gasteiger partial charge in [0.1, 0.15) is 6.07 Å².